The highest BCUT2D eigenvalue weighted by Crippen LogP contribution is 2.28. The molecule has 2 N–H and O–H groups in total. The number of benzene rings is 2. The molecule has 3 aromatic rings. The van der Waals surface area contributed by atoms with Crippen LogP contribution >= 0.6 is 11.6 Å². The second-order valence-corrected chi connectivity index (χ2v) is 6.72. The number of rotatable bonds is 3. The van der Waals surface area contributed by atoms with Crippen molar-refractivity contribution in [2.24, 2.45) is 4.99 Å². The molecule has 4 rings (SSSR count). The highest BCUT2D eigenvalue weighted by Gasteiger charge is 2.25. The Morgan fingerprint density at radius 3 is 2.68 bits per heavy atom. The number of fused-ring (bicyclic) bond motifs is 1. The van der Waals surface area contributed by atoms with Crippen LogP contribution in [-0.2, 0) is 0 Å². The number of methoxy groups -OCH3 is 1. The molecule has 1 unspecified atom stereocenters. The van der Waals surface area contributed by atoms with Gasteiger partial charge < -0.3 is 10.1 Å². The lowest BCUT2D eigenvalue weighted by Gasteiger charge is -2.27. The average Bonchev–Trinajstić information content (AvgIpc) is 2.68. The van der Waals surface area contributed by atoms with Crippen molar-refractivity contribution in [2.45, 2.75) is 13.1 Å². The number of aliphatic imine (C=N–C) groups is 1. The maximum atomic E-state index is 12.6. The minimum absolute atomic E-state index is 0.185. The molecule has 2 aromatic carbocycles. The third-order valence-corrected chi connectivity index (χ3v) is 4.59. The molecule has 7 nitrogen and oxygen atoms in total. The van der Waals surface area contributed by atoms with E-state index in [0.717, 1.165) is 11.3 Å². The van der Waals surface area contributed by atoms with Crippen molar-refractivity contribution in [1.82, 2.24) is 9.55 Å². The molecule has 1 aromatic heterocycles. The van der Waals surface area contributed by atoms with E-state index in [2.05, 4.69) is 15.6 Å². The number of anilines is 2. The molecular weight excluding hydrogens is 378 g/mol. The number of aryl methyl sites for hydroxylation is 1. The van der Waals surface area contributed by atoms with Gasteiger partial charge >= 0.3 is 0 Å². The van der Waals surface area contributed by atoms with E-state index in [1.54, 1.807) is 26.2 Å². The van der Waals surface area contributed by atoms with Crippen molar-refractivity contribution in [3.05, 3.63) is 81.2 Å². The SMILES string of the molecule is COc1ccccc1NC1=NC(c2ccc(Cl)cc2)n2c(nc(C)cc2=O)N1. The molecule has 0 fully saturated rings. The van der Waals surface area contributed by atoms with E-state index >= 15 is 0 Å². The third-order valence-electron chi connectivity index (χ3n) is 4.33. The van der Waals surface area contributed by atoms with Crippen LogP contribution in [0.15, 0.2) is 64.4 Å². The summed E-state index contributed by atoms with van der Waals surface area (Å²) in [6.07, 6.45) is -0.577. The van der Waals surface area contributed by atoms with Crippen molar-refractivity contribution in [3.63, 3.8) is 0 Å². The average molecular weight is 396 g/mol. The first-order valence-electron chi connectivity index (χ1n) is 8.65. The van der Waals surface area contributed by atoms with Crippen molar-refractivity contribution >= 4 is 29.2 Å². The van der Waals surface area contributed by atoms with Gasteiger partial charge in [-0.3, -0.25) is 14.7 Å². The van der Waals surface area contributed by atoms with Gasteiger partial charge in [-0.15, -0.1) is 0 Å². The molecule has 28 heavy (non-hydrogen) atoms. The lowest BCUT2D eigenvalue weighted by atomic mass is 10.1. The van der Waals surface area contributed by atoms with Crippen LogP contribution in [0.3, 0.4) is 0 Å². The number of hydrogen-bond acceptors (Lipinski definition) is 6. The Hall–Kier alpha value is -3.32. The van der Waals surface area contributed by atoms with E-state index in [1.165, 1.54) is 10.6 Å². The fourth-order valence-corrected chi connectivity index (χ4v) is 3.17. The first-order valence-corrected chi connectivity index (χ1v) is 9.03. The van der Waals surface area contributed by atoms with Crippen LogP contribution in [0, 0.1) is 6.92 Å². The molecule has 0 spiro atoms. The molecule has 0 radical (unpaired) electrons. The predicted octanol–water partition coefficient (Wildman–Crippen LogP) is 3.65. The molecule has 8 heteroatoms. The number of hydrogen-bond donors (Lipinski definition) is 2. The second-order valence-electron chi connectivity index (χ2n) is 6.28. The molecule has 1 aliphatic heterocycles. The maximum Gasteiger partial charge on any atom is 0.257 e. The van der Waals surface area contributed by atoms with E-state index in [0.29, 0.717) is 28.4 Å². The molecule has 2 heterocycles. The van der Waals surface area contributed by atoms with Crippen LogP contribution in [0.5, 0.6) is 5.75 Å². The van der Waals surface area contributed by atoms with Gasteiger partial charge in [0.2, 0.25) is 11.9 Å². The lowest BCUT2D eigenvalue weighted by Crippen LogP contribution is -2.37. The smallest absolute Gasteiger partial charge is 0.257 e. The van der Waals surface area contributed by atoms with Crippen LogP contribution in [0.2, 0.25) is 5.02 Å². The molecule has 1 atom stereocenters. The first-order chi connectivity index (χ1) is 13.5. The Balaban J connectivity index is 1.80. The fourth-order valence-electron chi connectivity index (χ4n) is 3.05. The summed E-state index contributed by atoms with van der Waals surface area (Å²) in [7, 11) is 1.60. The zero-order valence-corrected chi connectivity index (χ0v) is 16.1. The summed E-state index contributed by atoms with van der Waals surface area (Å²) in [5.74, 6) is 1.55. The van der Waals surface area contributed by atoms with Crippen LogP contribution in [0.4, 0.5) is 11.6 Å². The molecule has 0 bridgehead atoms. The number of aromatic nitrogens is 2. The number of para-hydroxylation sites is 2. The van der Waals surface area contributed by atoms with Gasteiger partial charge in [-0.25, -0.2) is 9.98 Å². The lowest BCUT2D eigenvalue weighted by molar-refractivity contribution is 0.417. The summed E-state index contributed by atoms with van der Waals surface area (Å²) in [6, 6.07) is 16.2. The normalized spacial score (nSPS) is 15.2. The largest absolute Gasteiger partial charge is 0.495 e. The number of guanidine groups is 1. The standard InChI is InChI=1S/C20H18ClN5O2/c1-12-11-17(27)26-18(13-7-9-14(21)10-8-13)24-19(25-20(26)22-12)23-15-5-3-4-6-16(15)28-2/h3-11,18H,1-2H3,(H2,22,23,24,25). The zero-order chi connectivity index (χ0) is 19.7. The van der Waals surface area contributed by atoms with E-state index < -0.39 is 6.17 Å². The summed E-state index contributed by atoms with van der Waals surface area (Å²) in [5.41, 5.74) is 2.00. The summed E-state index contributed by atoms with van der Waals surface area (Å²) in [4.78, 5) is 21.8. The third kappa shape index (κ3) is 3.44. The zero-order valence-electron chi connectivity index (χ0n) is 15.3. The molecule has 1 aliphatic rings. The van der Waals surface area contributed by atoms with Crippen LogP contribution < -0.4 is 20.9 Å². The number of nitrogens with zero attached hydrogens (tertiary/aromatic N) is 3. The van der Waals surface area contributed by atoms with Gasteiger partial charge in [0, 0.05) is 16.8 Å². The Kier molecular flexibility index (Phi) is 4.75. The van der Waals surface area contributed by atoms with Crippen molar-refractivity contribution in [2.75, 3.05) is 17.7 Å². The van der Waals surface area contributed by atoms with Crippen LogP contribution in [0.1, 0.15) is 17.4 Å². The Morgan fingerprint density at radius 2 is 1.93 bits per heavy atom. The van der Waals surface area contributed by atoms with E-state index in [9.17, 15) is 4.79 Å². The number of nitrogens with one attached hydrogen (secondary N) is 2. The summed E-state index contributed by atoms with van der Waals surface area (Å²) >= 11 is 6.02. The minimum Gasteiger partial charge on any atom is -0.495 e. The minimum atomic E-state index is -0.577. The van der Waals surface area contributed by atoms with Gasteiger partial charge in [0.1, 0.15) is 5.75 Å². The Labute approximate surface area is 166 Å². The van der Waals surface area contributed by atoms with Gasteiger partial charge in [-0.05, 0) is 36.8 Å². The Morgan fingerprint density at radius 1 is 1.18 bits per heavy atom. The Bertz CT molecular complexity index is 1110. The van der Waals surface area contributed by atoms with E-state index in [1.807, 2.05) is 36.4 Å². The molecule has 0 saturated carbocycles. The van der Waals surface area contributed by atoms with E-state index in [-0.39, 0.29) is 5.56 Å². The number of ether oxygens (including phenoxy) is 1. The highest BCUT2D eigenvalue weighted by molar-refractivity contribution is 6.30. The number of halogens is 1. The fraction of sp³-hybridized carbons (Fsp3) is 0.150. The quantitative estimate of drug-likeness (QED) is 0.707. The predicted molar refractivity (Wildman–Crippen MR) is 110 cm³/mol. The van der Waals surface area contributed by atoms with Crippen LogP contribution in [-0.4, -0.2) is 22.6 Å². The molecule has 0 aliphatic carbocycles. The van der Waals surface area contributed by atoms with Crippen LogP contribution in [0.25, 0.3) is 0 Å². The van der Waals surface area contributed by atoms with E-state index in [4.69, 9.17) is 21.3 Å². The van der Waals surface area contributed by atoms with Crippen molar-refractivity contribution < 1.29 is 4.74 Å². The molecule has 142 valence electrons. The summed E-state index contributed by atoms with van der Waals surface area (Å²) in [6.45, 7) is 1.78. The topological polar surface area (TPSA) is 80.5 Å². The summed E-state index contributed by atoms with van der Waals surface area (Å²) in [5, 5.41) is 6.94. The van der Waals surface area contributed by atoms with Gasteiger partial charge in [0.05, 0.1) is 12.8 Å². The van der Waals surface area contributed by atoms with Gasteiger partial charge in [-0.1, -0.05) is 35.9 Å². The van der Waals surface area contributed by atoms with Gasteiger partial charge in [-0.2, -0.15) is 0 Å². The van der Waals surface area contributed by atoms with Crippen molar-refractivity contribution in [3.8, 4) is 5.75 Å². The molecule has 0 saturated heterocycles. The first kappa shape index (κ1) is 18.1. The molecular formula is C20H18ClN5O2. The van der Waals surface area contributed by atoms with Crippen molar-refractivity contribution in [1.29, 1.82) is 0 Å². The van der Waals surface area contributed by atoms with Gasteiger partial charge in [0.15, 0.2) is 6.17 Å². The van der Waals surface area contributed by atoms with Gasteiger partial charge in [0.25, 0.3) is 5.56 Å². The maximum absolute atomic E-state index is 12.6. The molecule has 0 amide bonds. The summed E-state index contributed by atoms with van der Waals surface area (Å²) < 4.78 is 6.91. The second kappa shape index (κ2) is 7.36. The monoisotopic (exact) mass is 395 g/mol. The highest BCUT2D eigenvalue weighted by atomic mass is 35.5.